The summed E-state index contributed by atoms with van der Waals surface area (Å²) in [5.41, 5.74) is 2.87. The van der Waals surface area contributed by atoms with Crippen molar-refractivity contribution in [3.63, 3.8) is 0 Å². The molecule has 0 aliphatic heterocycles. The minimum Gasteiger partial charge on any atom is -0.352 e. The molecule has 1 aromatic carbocycles. The van der Waals surface area contributed by atoms with E-state index in [1.165, 1.54) is 37.6 Å². The molecule has 0 aliphatic carbocycles. The predicted molar refractivity (Wildman–Crippen MR) is 113 cm³/mol. The van der Waals surface area contributed by atoms with Gasteiger partial charge in [-0.1, -0.05) is 44.7 Å². The number of nitrogens with one attached hydrogen (secondary N) is 1. The first-order valence-electron chi connectivity index (χ1n) is 10.4. The van der Waals surface area contributed by atoms with E-state index in [4.69, 9.17) is 4.98 Å². The number of imidazole rings is 1. The molecule has 1 amide bonds. The van der Waals surface area contributed by atoms with E-state index in [1.807, 2.05) is 6.07 Å². The number of aryl methyl sites for hydroxylation is 2. The average Bonchev–Trinajstić information content (AvgIpc) is 3.09. The number of pyridine rings is 1. The molecule has 2 heterocycles. The van der Waals surface area contributed by atoms with Gasteiger partial charge in [0.25, 0.3) is 5.91 Å². The first-order valence-corrected chi connectivity index (χ1v) is 10.4. The van der Waals surface area contributed by atoms with E-state index >= 15 is 0 Å². The van der Waals surface area contributed by atoms with Crippen molar-refractivity contribution >= 4 is 16.9 Å². The van der Waals surface area contributed by atoms with Crippen molar-refractivity contribution in [1.29, 1.82) is 0 Å². The van der Waals surface area contributed by atoms with E-state index < -0.39 is 0 Å². The first-order chi connectivity index (χ1) is 13.8. The zero-order valence-electron chi connectivity index (χ0n) is 16.7. The molecule has 0 aliphatic rings. The van der Waals surface area contributed by atoms with Gasteiger partial charge in [-0.15, -0.1) is 0 Å². The van der Waals surface area contributed by atoms with Crippen molar-refractivity contribution in [3.8, 4) is 0 Å². The van der Waals surface area contributed by atoms with E-state index in [1.54, 1.807) is 24.5 Å². The second-order valence-electron chi connectivity index (χ2n) is 7.18. The zero-order valence-corrected chi connectivity index (χ0v) is 16.7. The van der Waals surface area contributed by atoms with Gasteiger partial charge in [0.1, 0.15) is 5.82 Å². The van der Waals surface area contributed by atoms with Gasteiger partial charge in [0.2, 0.25) is 0 Å². The number of rotatable bonds is 11. The summed E-state index contributed by atoms with van der Waals surface area (Å²) >= 11 is 0. The van der Waals surface area contributed by atoms with Gasteiger partial charge in [-0.25, -0.2) is 4.98 Å². The van der Waals surface area contributed by atoms with Crippen LogP contribution < -0.4 is 5.32 Å². The lowest BCUT2D eigenvalue weighted by atomic mass is 10.1. The number of carbonyl (C=O) groups excluding carboxylic acids is 1. The molecule has 0 atom stereocenters. The topological polar surface area (TPSA) is 59.8 Å². The summed E-state index contributed by atoms with van der Waals surface area (Å²) in [4.78, 5) is 21.0. The van der Waals surface area contributed by atoms with E-state index in [-0.39, 0.29) is 5.91 Å². The standard InChI is InChI=1S/C23H30N4O/c1-2-3-4-5-8-17-27-21-13-7-6-12-20(21)26-22(27)14-10-16-25-23(28)19-11-9-15-24-18-19/h6-7,9,11-13,15,18H,2-5,8,10,14,16-17H2,1H3,(H,25,28). The van der Waals surface area contributed by atoms with Crippen LogP contribution in [0.2, 0.25) is 0 Å². The Bertz CT molecular complexity index is 873. The fourth-order valence-corrected chi connectivity index (χ4v) is 3.49. The molecule has 2 aromatic heterocycles. The van der Waals surface area contributed by atoms with Crippen molar-refractivity contribution in [3.05, 3.63) is 60.2 Å². The Hall–Kier alpha value is -2.69. The summed E-state index contributed by atoms with van der Waals surface area (Å²) < 4.78 is 2.37. The van der Waals surface area contributed by atoms with Gasteiger partial charge in [0.05, 0.1) is 16.6 Å². The fourth-order valence-electron chi connectivity index (χ4n) is 3.49. The maximum absolute atomic E-state index is 12.1. The van der Waals surface area contributed by atoms with Crippen LogP contribution in [0, 0.1) is 0 Å². The molecule has 3 rings (SSSR count). The number of carbonyl (C=O) groups is 1. The zero-order chi connectivity index (χ0) is 19.6. The van der Waals surface area contributed by atoms with Crippen LogP contribution in [0.5, 0.6) is 0 Å². The van der Waals surface area contributed by atoms with Crippen molar-refractivity contribution in [2.45, 2.75) is 58.4 Å². The Balaban J connectivity index is 1.55. The van der Waals surface area contributed by atoms with Crippen molar-refractivity contribution < 1.29 is 4.79 Å². The van der Waals surface area contributed by atoms with E-state index in [0.717, 1.165) is 30.7 Å². The Labute approximate surface area is 167 Å². The Kier molecular flexibility index (Phi) is 7.59. The molecule has 0 unspecified atom stereocenters. The number of hydrogen-bond acceptors (Lipinski definition) is 3. The smallest absolute Gasteiger partial charge is 0.252 e. The molecule has 1 N–H and O–H groups in total. The van der Waals surface area contributed by atoms with E-state index in [2.05, 4.69) is 40.0 Å². The summed E-state index contributed by atoms with van der Waals surface area (Å²) in [5, 5.41) is 2.97. The molecule has 28 heavy (non-hydrogen) atoms. The highest BCUT2D eigenvalue weighted by Crippen LogP contribution is 2.18. The molecule has 0 spiro atoms. The second-order valence-corrected chi connectivity index (χ2v) is 7.18. The minimum atomic E-state index is -0.0717. The summed E-state index contributed by atoms with van der Waals surface area (Å²) in [6, 6.07) is 11.9. The normalized spacial score (nSPS) is 11.0. The van der Waals surface area contributed by atoms with Crippen molar-refractivity contribution in [1.82, 2.24) is 19.9 Å². The minimum absolute atomic E-state index is 0.0717. The first kappa shape index (κ1) is 20.1. The summed E-state index contributed by atoms with van der Waals surface area (Å²) in [7, 11) is 0. The van der Waals surface area contributed by atoms with Gasteiger partial charge in [0.15, 0.2) is 0 Å². The second kappa shape index (κ2) is 10.6. The lowest BCUT2D eigenvalue weighted by Gasteiger charge is -2.10. The Morgan fingerprint density at radius 3 is 2.71 bits per heavy atom. The summed E-state index contributed by atoms with van der Waals surface area (Å²) in [6.07, 6.45) is 11.3. The lowest BCUT2D eigenvalue weighted by molar-refractivity contribution is 0.0953. The highest BCUT2D eigenvalue weighted by Gasteiger charge is 2.10. The summed E-state index contributed by atoms with van der Waals surface area (Å²) in [6.45, 7) is 3.89. The Morgan fingerprint density at radius 2 is 1.89 bits per heavy atom. The molecule has 0 radical (unpaired) electrons. The molecular formula is C23H30N4O. The van der Waals surface area contributed by atoms with Gasteiger partial charge in [0, 0.05) is 31.9 Å². The molecule has 0 saturated carbocycles. The van der Waals surface area contributed by atoms with Crippen LogP contribution in [0.25, 0.3) is 11.0 Å². The SMILES string of the molecule is CCCCCCCn1c(CCCNC(=O)c2cccnc2)nc2ccccc21. The number of aromatic nitrogens is 3. The number of nitrogens with zero attached hydrogens (tertiary/aromatic N) is 3. The molecule has 0 bridgehead atoms. The monoisotopic (exact) mass is 378 g/mol. The van der Waals surface area contributed by atoms with Crippen LogP contribution >= 0.6 is 0 Å². The number of hydrogen-bond donors (Lipinski definition) is 1. The van der Waals surface area contributed by atoms with Gasteiger partial charge in [-0.05, 0) is 37.1 Å². The molecule has 148 valence electrons. The van der Waals surface area contributed by atoms with E-state index in [9.17, 15) is 4.79 Å². The van der Waals surface area contributed by atoms with Crippen molar-refractivity contribution in [2.75, 3.05) is 6.54 Å². The molecule has 3 aromatic rings. The third-order valence-electron chi connectivity index (χ3n) is 5.01. The van der Waals surface area contributed by atoms with Crippen LogP contribution in [0.15, 0.2) is 48.8 Å². The molecule has 0 saturated heterocycles. The van der Waals surface area contributed by atoms with Crippen LogP contribution in [0.4, 0.5) is 0 Å². The van der Waals surface area contributed by atoms with Crippen LogP contribution in [-0.4, -0.2) is 27.0 Å². The fraction of sp³-hybridized carbons (Fsp3) is 0.435. The maximum Gasteiger partial charge on any atom is 0.252 e. The van der Waals surface area contributed by atoms with Gasteiger partial charge in [-0.2, -0.15) is 0 Å². The quantitative estimate of drug-likeness (QED) is 0.489. The molecular weight excluding hydrogens is 348 g/mol. The van der Waals surface area contributed by atoms with Crippen LogP contribution in [0.1, 0.15) is 61.6 Å². The largest absolute Gasteiger partial charge is 0.352 e. The highest BCUT2D eigenvalue weighted by molar-refractivity contribution is 5.93. The number of unbranched alkanes of at least 4 members (excludes halogenated alkanes) is 4. The Morgan fingerprint density at radius 1 is 1.04 bits per heavy atom. The number of benzene rings is 1. The predicted octanol–water partition coefficient (Wildman–Crippen LogP) is 4.76. The van der Waals surface area contributed by atoms with Gasteiger partial charge < -0.3 is 9.88 Å². The number of fused-ring (bicyclic) bond motifs is 1. The van der Waals surface area contributed by atoms with Crippen LogP contribution in [-0.2, 0) is 13.0 Å². The average molecular weight is 379 g/mol. The number of amides is 1. The van der Waals surface area contributed by atoms with Crippen molar-refractivity contribution in [2.24, 2.45) is 0 Å². The maximum atomic E-state index is 12.1. The van der Waals surface area contributed by atoms with Gasteiger partial charge in [-0.3, -0.25) is 9.78 Å². The molecule has 5 heteroatoms. The molecule has 0 fully saturated rings. The third kappa shape index (κ3) is 5.41. The lowest BCUT2D eigenvalue weighted by Crippen LogP contribution is -2.25. The highest BCUT2D eigenvalue weighted by atomic mass is 16.1. The molecule has 5 nitrogen and oxygen atoms in total. The van der Waals surface area contributed by atoms with Gasteiger partial charge >= 0.3 is 0 Å². The van der Waals surface area contributed by atoms with Crippen LogP contribution in [0.3, 0.4) is 0 Å². The number of para-hydroxylation sites is 2. The third-order valence-corrected chi connectivity index (χ3v) is 5.01. The summed E-state index contributed by atoms with van der Waals surface area (Å²) in [5.74, 6) is 1.05. The van der Waals surface area contributed by atoms with E-state index in [0.29, 0.717) is 12.1 Å².